The van der Waals surface area contributed by atoms with Crippen molar-refractivity contribution in [2.75, 3.05) is 18.6 Å². The summed E-state index contributed by atoms with van der Waals surface area (Å²) in [6.07, 6.45) is 0.444. The molecule has 5 nitrogen and oxygen atoms in total. The molecule has 1 aliphatic heterocycles. The molecule has 0 aliphatic carbocycles. The average molecular weight is 348 g/mol. The van der Waals surface area contributed by atoms with Gasteiger partial charge in [0.1, 0.15) is 5.75 Å². The summed E-state index contributed by atoms with van der Waals surface area (Å²) >= 11 is 3.24. The van der Waals surface area contributed by atoms with Crippen LogP contribution in [-0.2, 0) is 9.84 Å². The Morgan fingerprint density at radius 1 is 1.47 bits per heavy atom. The fraction of sp³-hybridized carbons (Fsp3) is 0.417. The number of carbonyl (C=O) groups is 1. The maximum Gasteiger partial charge on any atom is 0.257 e. The summed E-state index contributed by atoms with van der Waals surface area (Å²) < 4.78 is 23.5. The van der Waals surface area contributed by atoms with E-state index in [1.54, 1.807) is 13.1 Å². The van der Waals surface area contributed by atoms with Crippen LogP contribution < -0.4 is 0 Å². The first-order chi connectivity index (χ1) is 8.80. The van der Waals surface area contributed by atoms with Crippen molar-refractivity contribution in [1.82, 2.24) is 4.90 Å². The van der Waals surface area contributed by atoms with E-state index in [4.69, 9.17) is 0 Å². The lowest BCUT2D eigenvalue weighted by atomic mass is 10.1. The maximum absolute atomic E-state index is 12.3. The third kappa shape index (κ3) is 3.09. The van der Waals surface area contributed by atoms with Crippen molar-refractivity contribution in [2.24, 2.45) is 0 Å². The highest BCUT2D eigenvalue weighted by atomic mass is 79.9. The second-order valence-corrected chi connectivity index (χ2v) is 7.78. The molecule has 1 saturated heterocycles. The Bertz CT molecular complexity index is 614. The largest absolute Gasteiger partial charge is 0.507 e. The van der Waals surface area contributed by atoms with Crippen LogP contribution in [0.15, 0.2) is 22.7 Å². The number of amides is 1. The molecule has 1 N–H and O–H groups in total. The number of hydrogen-bond donors (Lipinski definition) is 1. The molecule has 1 heterocycles. The molecule has 0 aromatic heterocycles. The van der Waals surface area contributed by atoms with E-state index in [2.05, 4.69) is 15.9 Å². The number of rotatable bonds is 2. The predicted molar refractivity (Wildman–Crippen MR) is 75.0 cm³/mol. The molecule has 104 valence electrons. The second-order valence-electron chi connectivity index (χ2n) is 4.63. The number of aromatic hydroxyl groups is 1. The Morgan fingerprint density at radius 2 is 2.16 bits per heavy atom. The molecule has 2 rings (SSSR count). The summed E-state index contributed by atoms with van der Waals surface area (Å²) in [7, 11) is -1.48. The Balaban J connectivity index is 2.22. The fourth-order valence-corrected chi connectivity index (χ4v) is 4.25. The van der Waals surface area contributed by atoms with Crippen molar-refractivity contribution in [3.63, 3.8) is 0 Å². The molecule has 19 heavy (non-hydrogen) atoms. The first-order valence-corrected chi connectivity index (χ1v) is 8.38. The Hall–Kier alpha value is -1.08. The van der Waals surface area contributed by atoms with Crippen molar-refractivity contribution in [3.05, 3.63) is 28.2 Å². The number of halogens is 1. The molecule has 0 bridgehead atoms. The highest BCUT2D eigenvalue weighted by Gasteiger charge is 2.33. The standard InChI is InChI=1S/C12H14BrNO4S/c1-14(9-4-5-19(17,18)7-9)12(16)10-6-8(13)2-3-11(10)15/h2-3,6,9,15H,4-5,7H2,1H3. The molecule has 1 aliphatic rings. The van der Waals surface area contributed by atoms with Gasteiger partial charge in [0.05, 0.1) is 17.1 Å². The van der Waals surface area contributed by atoms with E-state index < -0.39 is 9.84 Å². The number of phenolic OH excluding ortho intramolecular Hbond substituents is 1. The zero-order valence-electron chi connectivity index (χ0n) is 10.3. The molecule has 1 amide bonds. The van der Waals surface area contributed by atoms with Crippen molar-refractivity contribution < 1.29 is 18.3 Å². The van der Waals surface area contributed by atoms with E-state index in [-0.39, 0.29) is 34.8 Å². The van der Waals surface area contributed by atoms with Crippen LogP contribution in [0.4, 0.5) is 0 Å². The Morgan fingerprint density at radius 3 is 2.74 bits per heavy atom. The third-order valence-electron chi connectivity index (χ3n) is 3.27. The molecule has 1 unspecified atom stereocenters. The molecule has 0 spiro atoms. The molecule has 7 heteroatoms. The number of benzene rings is 1. The molecule has 1 fully saturated rings. The van der Waals surface area contributed by atoms with Crippen molar-refractivity contribution in [1.29, 1.82) is 0 Å². The molecule has 0 radical (unpaired) electrons. The van der Waals surface area contributed by atoms with Gasteiger partial charge < -0.3 is 10.0 Å². The second kappa shape index (κ2) is 5.13. The summed E-state index contributed by atoms with van der Waals surface area (Å²) in [5, 5.41) is 9.71. The van der Waals surface area contributed by atoms with Crippen LogP contribution in [0.1, 0.15) is 16.8 Å². The van der Waals surface area contributed by atoms with Gasteiger partial charge in [0.2, 0.25) is 0 Å². The third-order valence-corrected chi connectivity index (χ3v) is 5.51. The van der Waals surface area contributed by atoms with Gasteiger partial charge in [0, 0.05) is 17.6 Å². The highest BCUT2D eigenvalue weighted by Crippen LogP contribution is 2.25. The van der Waals surface area contributed by atoms with Crippen molar-refractivity contribution >= 4 is 31.7 Å². The van der Waals surface area contributed by atoms with Crippen LogP contribution in [0, 0.1) is 0 Å². The summed E-state index contributed by atoms with van der Waals surface area (Å²) in [6, 6.07) is 4.26. The first kappa shape index (κ1) is 14.3. The topological polar surface area (TPSA) is 74.7 Å². The van der Waals surface area contributed by atoms with E-state index in [1.165, 1.54) is 17.0 Å². The Kier molecular flexibility index (Phi) is 3.87. The number of nitrogens with zero attached hydrogens (tertiary/aromatic N) is 1. The summed E-state index contributed by atoms with van der Waals surface area (Å²) in [5.41, 5.74) is 0.168. The van der Waals surface area contributed by atoms with Crippen molar-refractivity contribution in [2.45, 2.75) is 12.5 Å². The average Bonchev–Trinajstić information content (AvgIpc) is 2.71. The molecular formula is C12H14BrNO4S. The lowest BCUT2D eigenvalue weighted by molar-refractivity contribution is 0.0744. The fourth-order valence-electron chi connectivity index (χ4n) is 2.12. The SMILES string of the molecule is CN(C(=O)c1cc(Br)ccc1O)C1CCS(=O)(=O)C1. The summed E-state index contributed by atoms with van der Waals surface area (Å²) in [5.74, 6) is -0.383. The van der Waals surface area contributed by atoms with E-state index in [0.717, 1.165) is 0 Å². The number of hydrogen-bond acceptors (Lipinski definition) is 4. The van der Waals surface area contributed by atoms with Crippen molar-refractivity contribution in [3.8, 4) is 5.75 Å². The van der Waals surface area contributed by atoms with Gasteiger partial charge >= 0.3 is 0 Å². The predicted octanol–water partition coefficient (Wildman–Crippen LogP) is 1.41. The van der Waals surface area contributed by atoms with E-state index in [0.29, 0.717) is 10.9 Å². The minimum atomic E-state index is -3.04. The molecule has 1 aromatic carbocycles. The van der Waals surface area contributed by atoms with E-state index >= 15 is 0 Å². The van der Waals surface area contributed by atoms with Crippen LogP contribution in [0.25, 0.3) is 0 Å². The zero-order chi connectivity index (χ0) is 14.2. The van der Waals surface area contributed by atoms with Gasteiger partial charge in [-0.3, -0.25) is 4.79 Å². The normalized spacial score (nSPS) is 21.3. The minimum Gasteiger partial charge on any atom is -0.507 e. The van der Waals surface area contributed by atoms with Gasteiger partial charge in [0.25, 0.3) is 5.91 Å². The number of carbonyl (C=O) groups excluding carboxylic acids is 1. The minimum absolute atomic E-state index is 0.00992. The van der Waals surface area contributed by atoms with Crippen LogP contribution >= 0.6 is 15.9 Å². The van der Waals surface area contributed by atoms with Gasteiger partial charge in [-0.15, -0.1) is 0 Å². The van der Waals surface area contributed by atoms with E-state index in [1.807, 2.05) is 0 Å². The van der Waals surface area contributed by atoms with Crippen LogP contribution in [0.3, 0.4) is 0 Å². The summed E-state index contributed by atoms with van der Waals surface area (Å²) in [4.78, 5) is 13.7. The van der Waals surface area contributed by atoms with Gasteiger partial charge in [-0.2, -0.15) is 0 Å². The highest BCUT2D eigenvalue weighted by molar-refractivity contribution is 9.10. The maximum atomic E-state index is 12.3. The van der Waals surface area contributed by atoms with Gasteiger partial charge in [-0.25, -0.2) is 8.42 Å². The molecule has 0 saturated carbocycles. The van der Waals surface area contributed by atoms with Gasteiger partial charge in [0.15, 0.2) is 9.84 Å². The lowest BCUT2D eigenvalue weighted by Gasteiger charge is -2.23. The van der Waals surface area contributed by atoms with E-state index in [9.17, 15) is 18.3 Å². The van der Waals surface area contributed by atoms with Crippen LogP contribution in [-0.4, -0.2) is 48.9 Å². The Labute approximate surface area is 120 Å². The quantitative estimate of drug-likeness (QED) is 0.877. The van der Waals surface area contributed by atoms with Gasteiger partial charge in [-0.05, 0) is 24.6 Å². The molecular weight excluding hydrogens is 334 g/mol. The monoisotopic (exact) mass is 347 g/mol. The molecule has 1 aromatic rings. The molecule has 1 atom stereocenters. The smallest absolute Gasteiger partial charge is 0.257 e. The van der Waals surface area contributed by atoms with Gasteiger partial charge in [-0.1, -0.05) is 15.9 Å². The number of sulfone groups is 1. The first-order valence-electron chi connectivity index (χ1n) is 5.76. The van der Waals surface area contributed by atoms with Crippen LogP contribution in [0.5, 0.6) is 5.75 Å². The summed E-state index contributed by atoms with van der Waals surface area (Å²) in [6.45, 7) is 0. The number of phenols is 1. The zero-order valence-corrected chi connectivity index (χ0v) is 12.7. The lowest BCUT2D eigenvalue weighted by Crippen LogP contribution is -2.37. The van der Waals surface area contributed by atoms with Crippen LogP contribution in [0.2, 0.25) is 0 Å².